The minimum atomic E-state index is -0.867. The minimum absolute atomic E-state index is 0.00289. The third-order valence-corrected chi connectivity index (χ3v) is 4.88. The van der Waals surface area contributed by atoms with E-state index in [1.54, 1.807) is 18.2 Å². The number of aryl methyl sites for hydroxylation is 1. The fourth-order valence-corrected chi connectivity index (χ4v) is 3.60. The zero-order valence-electron chi connectivity index (χ0n) is 17.3. The summed E-state index contributed by atoms with van der Waals surface area (Å²) in [5.74, 6) is -1.33. The highest BCUT2D eigenvalue weighted by Crippen LogP contribution is 2.29. The largest absolute Gasteiger partial charge is 0.458 e. The van der Waals surface area contributed by atoms with Crippen LogP contribution in [-0.2, 0) is 19.1 Å². The van der Waals surface area contributed by atoms with Gasteiger partial charge in [-0.1, -0.05) is 36.9 Å². The Morgan fingerprint density at radius 2 is 1.87 bits per heavy atom. The molecule has 1 saturated heterocycles. The molecule has 1 aliphatic heterocycles. The molecule has 2 atom stereocenters. The molecule has 1 aromatic rings. The Bertz CT molecular complexity index is 885. The lowest BCUT2D eigenvalue weighted by Crippen LogP contribution is -2.43. The van der Waals surface area contributed by atoms with E-state index in [0.717, 1.165) is 5.56 Å². The maximum Gasteiger partial charge on any atom is 0.410 e. The van der Waals surface area contributed by atoms with Gasteiger partial charge in [-0.15, -0.1) is 12.6 Å². The molecule has 2 rings (SSSR count). The molecule has 31 heavy (non-hydrogen) atoms. The molecule has 0 aromatic heterocycles. The summed E-state index contributed by atoms with van der Waals surface area (Å²) in [4.78, 5) is 50.6. The number of nitrogens with one attached hydrogen (secondary N) is 1. The number of anilines is 1. The molecule has 0 bridgehead atoms. The van der Waals surface area contributed by atoms with Gasteiger partial charge in [-0.05, 0) is 31.4 Å². The van der Waals surface area contributed by atoms with Gasteiger partial charge in [0.05, 0.1) is 11.3 Å². The average molecular weight is 447 g/mol. The van der Waals surface area contributed by atoms with Crippen molar-refractivity contribution in [1.82, 2.24) is 4.90 Å². The Kier molecular flexibility index (Phi) is 8.87. The first kappa shape index (κ1) is 24.2. The monoisotopic (exact) mass is 446 g/mol. The molecular weight excluding hydrogens is 420 g/mol. The Hall–Kier alpha value is -3.07. The van der Waals surface area contributed by atoms with Crippen molar-refractivity contribution in [2.24, 2.45) is 5.92 Å². The lowest BCUT2D eigenvalue weighted by Gasteiger charge is -2.23. The number of benzene rings is 1. The number of nitrogens with zero attached hydrogens (tertiary/aromatic N) is 1. The number of hydrogen-bond acceptors (Lipinski definition) is 6. The predicted octanol–water partition coefficient (Wildman–Crippen LogP) is 3.14. The van der Waals surface area contributed by atoms with E-state index in [4.69, 9.17) is 9.47 Å². The minimum Gasteiger partial charge on any atom is -0.458 e. The molecule has 0 aliphatic carbocycles. The Balaban J connectivity index is 2.23. The maximum atomic E-state index is 13.1. The summed E-state index contributed by atoms with van der Waals surface area (Å²) < 4.78 is 10.2. The fourth-order valence-electron chi connectivity index (χ4n) is 3.35. The average Bonchev–Trinajstić information content (AvgIpc) is 3.14. The molecule has 1 N–H and O–H groups in total. The smallest absolute Gasteiger partial charge is 0.410 e. The van der Waals surface area contributed by atoms with Gasteiger partial charge >= 0.3 is 12.1 Å². The highest BCUT2D eigenvalue weighted by molar-refractivity contribution is 7.96. The van der Waals surface area contributed by atoms with Gasteiger partial charge in [0, 0.05) is 13.0 Å². The van der Waals surface area contributed by atoms with Crippen molar-refractivity contribution in [3.63, 3.8) is 0 Å². The predicted molar refractivity (Wildman–Crippen MR) is 119 cm³/mol. The number of amides is 2. The number of hydrogen-bond donors (Lipinski definition) is 2. The van der Waals surface area contributed by atoms with Crippen LogP contribution < -0.4 is 5.32 Å². The van der Waals surface area contributed by atoms with Crippen LogP contribution in [0.5, 0.6) is 0 Å². The second-order valence-corrected chi connectivity index (χ2v) is 7.66. The van der Waals surface area contributed by atoms with E-state index in [-0.39, 0.29) is 54.9 Å². The summed E-state index contributed by atoms with van der Waals surface area (Å²) in [6.45, 7) is 9.03. The van der Waals surface area contributed by atoms with Gasteiger partial charge in [-0.3, -0.25) is 14.5 Å². The normalized spacial score (nSPS) is 17.5. The molecule has 166 valence electrons. The lowest BCUT2D eigenvalue weighted by molar-refractivity contribution is -0.120. The topological polar surface area (TPSA) is 102 Å². The maximum absolute atomic E-state index is 13.1. The second-order valence-electron chi connectivity index (χ2n) is 7.16. The van der Waals surface area contributed by atoms with Crippen LogP contribution in [0.4, 0.5) is 10.5 Å². The summed E-state index contributed by atoms with van der Waals surface area (Å²) in [5, 5.41) is 2.39. The fraction of sp³-hybridized carbons (Fsp3) is 0.364. The number of ether oxygens (including phenoxy) is 2. The van der Waals surface area contributed by atoms with Crippen LogP contribution in [0.15, 0.2) is 43.5 Å². The number of thiol groups is 1. The third kappa shape index (κ3) is 6.71. The van der Waals surface area contributed by atoms with Crippen molar-refractivity contribution >= 4 is 41.4 Å². The molecule has 0 unspecified atom stereocenters. The Labute approximate surface area is 186 Å². The molecule has 1 heterocycles. The quantitative estimate of drug-likeness (QED) is 0.343. The molecular formula is C22H26N2O6S. The molecule has 1 fully saturated rings. The summed E-state index contributed by atoms with van der Waals surface area (Å²) >= 11 is 3.80. The first-order chi connectivity index (χ1) is 14.8. The van der Waals surface area contributed by atoms with Gasteiger partial charge in [-0.2, -0.15) is 0 Å². The van der Waals surface area contributed by atoms with Gasteiger partial charge < -0.3 is 14.8 Å². The standard InChI is InChI=1S/C22H26N2O6S/c1-4-8-29-21(27)16-10-14(3)6-7-17(16)23-20(26)18-11-15(12-19(25)31)13-24(18)22(28)30-9-5-2/h4-7,10,15,18H,1-2,8-9,11-13H2,3H3,(H,23,26)(H,25,31)/t15-,18-/m0/s1. The number of carbonyl (C=O) groups excluding carboxylic acids is 4. The zero-order chi connectivity index (χ0) is 23.0. The van der Waals surface area contributed by atoms with E-state index < -0.39 is 24.0 Å². The zero-order valence-corrected chi connectivity index (χ0v) is 18.2. The summed E-state index contributed by atoms with van der Waals surface area (Å²) in [5.41, 5.74) is 1.26. The van der Waals surface area contributed by atoms with E-state index in [1.807, 2.05) is 6.92 Å². The van der Waals surface area contributed by atoms with Crippen LogP contribution >= 0.6 is 12.6 Å². The van der Waals surface area contributed by atoms with Crippen molar-refractivity contribution in [2.75, 3.05) is 25.1 Å². The van der Waals surface area contributed by atoms with E-state index in [9.17, 15) is 19.2 Å². The van der Waals surface area contributed by atoms with E-state index in [2.05, 4.69) is 31.1 Å². The molecule has 0 spiro atoms. The second kappa shape index (κ2) is 11.4. The molecule has 1 aliphatic rings. The third-order valence-electron chi connectivity index (χ3n) is 4.70. The number of esters is 1. The summed E-state index contributed by atoms with van der Waals surface area (Å²) in [7, 11) is 0. The SMILES string of the molecule is C=CCOC(=O)c1cc(C)ccc1NC(=O)[C@@H]1C[C@@H](CC(=O)S)CN1C(=O)OCC=C. The summed E-state index contributed by atoms with van der Waals surface area (Å²) in [6.07, 6.45) is 2.58. The molecule has 2 amide bonds. The van der Waals surface area contributed by atoms with Crippen molar-refractivity contribution < 1.29 is 28.7 Å². The Morgan fingerprint density at radius 1 is 1.19 bits per heavy atom. The highest BCUT2D eigenvalue weighted by atomic mass is 32.1. The van der Waals surface area contributed by atoms with E-state index in [1.165, 1.54) is 17.1 Å². The molecule has 8 nitrogen and oxygen atoms in total. The number of rotatable bonds is 9. The van der Waals surface area contributed by atoms with Gasteiger partial charge in [0.25, 0.3) is 0 Å². The number of carbonyl (C=O) groups is 4. The van der Waals surface area contributed by atoms with Crippen molar-refractivity contribution in [3.05, 3.63) is 54.6 Å². The van der Waals surface area contributed by atoms with Gasteiger partial charge in [0.1, 0.15) is 19.3 Å². The van der Waals surface area contributed by atoms with Crippen LogP contribution in [0.2, 0.25) is 0 Å². The van der Waals surface area contributed by atoms with Crippen molar-refractivity contribution in [1.29, 1.82) is 0 Å². The molecule has 1 aromatic carbocycles. The van der Waals surface area contributed by atoms with Crippen LogP contribution in [0, 0.1) is 12.8 Å². The first-order valence-corrected chi connectivity index (χ1v) is 10.2. The van der Waals surface area contributed by atoms with Crippen molar-refractivity contribution in [3.8, 4) is 0 Å². The molecule has 0 saturated carbocycles. The molecule has 0 radical (unpaired) electrons. The number of likely N-dealkylation sites (tertiary alicyclic amines) is 1. The van der Waals surface area contributed by atoms with E-state index >= 15 is 0 Å². The first-order valence-electron chi connectivity index (χ1n) is 9.72. The van der Waals surface area contributed by atoms with Gasteiger partial charge in [0.15, 0.2) is 5.12 Å². The van der Waals surface area contributed by atoms with E-state index in [0.29, 0.717) is 0 Å². The van der Waals surface area contributed by atoms with Crippen LogP contribution in [0.3, 0.4) is 0 Å². The van der Waals surface area contributed by atoms with Crippen LogP contribution in [0.25, 0.3) is 0 Å². The van der Waals surface area contributed by atoms with Gasteiger partial charge in [0.2, 0.25) is 5.91 Å². The van der Waals surface area contributed by atoms with Gasteiger partial charge in [-0.25, -0.2) is 9.59 Å². The molecule has 9 heteroatoms. The highest BCUT2D eigenvalue weighted by Gasteiger charge is 2.41. The summed E-state index contributed by atoms with van der Waals surface area (Å²) in [6, 6.07) is 4.08. The van der Waals surface area contributed by atoms with Crippen LogP contribution in [0.1, 0.15) is 28.8 Å². The van der Waals surface area contributed by atoms with Crippen molar-refractivity contribution in [2.45, 2.75) is 25.8 Å². The van der Waals surface area contributed by atoms with Crippen LogP contribution in [-0.4, -0.2) is 53.8 Å². The Morgan fingerprint density at radius 3 is 2.52 bits per heavy atom. The lowest BCUT2D eigenvalue weighted by atomic mass is 10.0.